The number of hydrogen-bond acceptors (Lipinski definition) is 6. The summed E-state index contributed by atoms with van der Waals surface area (Å²) in [6.45, 7) is 5.46. The zero-order valence-electron chi connectivity index (χ0n) is 18.7. The van der Waals surface area contributed by atoms with E-state index in [4.69, 9.17) is 9.47 Å². The van der Waals surface area contributed by atoms with Crippen LogP contribution in [0.5, 0.6) is 0 Å². The Morgan fingerprint density at radius 3 is 2.53 bits per heavy atom. The van der Waals surface area contributed by atoms with Crippen LogP contribution in [0, 0.1) is 11.8 Å². The van der Waals surface area contributed by atoms with Crippen molar-refractivity contribution in [3.8, 4) is 0 Å². The molecule has 1 aromatic rings. The molecule has 1 amide bonds. The van der Waals surface area contributed by atoms with Gasteiger partial charge in [-0.15, -0.1) is 0 Å². The van der Waals surface area contributed by atoms with Crippen LogP contribution >= 0.6 is 0 Å². The third-order valence-corrected chi connectivity index (χ3v) is 8.21. The summed E-state index contributed by atoms with van der Waals surface area (Å²) in [7, 11) is -3.55. The quantitative estimate of drug-likeness (QED) is 0.490. The molecule has 1 aliphatic carbocycles. The lowest BCUT2D eigenvalue weighted by molar-refractivity contribution is -0.144. The van der Waals surface area contributed by atoms with Crippen LogP contribution in [0.15, 0.2) is 35.2 Å². The predicted molar refractivity (Wildman–Crippen MR) is 120 cm³/mol. The second kappa shape index (κ2) is 11.1. The number of hydrogen-bond donors (Lipinski definition) is 1. The van der Waals surface area contributed by atoms with E-state index in [1.54, 1.807) is 12.1 Å². The average Bonchev–Trinajstić information content (AvgIpc) is 2.80. The summed E-state index contributed by atoms with van der Waals surface area (Å²) < 4.78 is 36.9. The van der Waals surface area contributed by atoms with Gasteiger partial charge in [0.1, 0.15) is 0 Å². The summed E-state index contributed by atoms with van der Waals surface area (Å²) in [5, 5.41) is 2.97. The first-order chi connectivity index (χ1) is 15.3. The van der Waals surface area contributed by atoms with Crippen molar-refractivity contribution in [2.24, 2.45) is 11.8 Å². The number of rotatable bonds is 7. The number of amides is 1. The molecule has 9 heteroatoms. The van der Waals surface area contributed by atoms with Gasteiger partial charge in [0.2, 0.25) is 10.0 Å². The molecule has 1 N–H and O–H groups in total. The van der Waals surface area contributed by atoms with E-state index in [2.05, 4.69) is 19.2 Å². The molecule has 0 aromatic heterocycles. The number of sulfonamides is 1. The molecule has 2 fully saturated rings. The summed E-state index contributed by atoms with van der Waals surface area (Å²) in [6.07, 6.45) is 5.96. The predicted octanol–water partition coefficient (Wildman–Crippen LogP) is 2.20. The van der Waals surface area contributed by atoms with Crippen LogP contribution < -0.4 is 5.32 Å². The molecule has 1 aliphatic heterocycles. The minimum atomic E-state index is -3.55. The Bertz CT molecular complexity index is 922. The smallest absolute Gasteiger partial charge is 0.331 e. The van der Waals surface area contributed by atoms with E-state index in [1.165, 1.54) is 35.0 Å². The van der Waals surface area contributed by atoms with Crippen LogP contribution in [0.25, 0.3) is 6.08 Å². The zero-order valence-corrected chi connectivity index (χ0v) is 19.5. The lowest BCUT2D eigenvalue weighted by Crippen LogP contribution is -2.45. The maximum absolute atomic E-state index is 12.6. The van der Waals surface area contributed by atoms with Crippen molar-refractivity contribution in [1.29, 1.82) is 0 Å². The number of esters is 1. The standard InChI is InChI=1S/C23H32N2O6S/c1-17-4-3-5-21(18(17)2)24-22(26)16-31-23(27)11-8-19-6-9-20(10-7-19)32(28,29)25-12-14-30-15-13-25/h6-11,17-18,21H,3-5,12-16H2,1-2H3,(H,24,26)/b11-8+. The Hall–Kier alpha value is -2.23. The summed E-state index contributed by atoms with van der Waals surface area (Å²) in [6, 6.07) is 6.38. The molecule has 3 unspecified atom stereocenters. The van der Waals surface area contributed by atoms with Gasteiger partial charge >= 0.3 is 5.97 Å². The van der Waals surface area contributed by atoms with Gasteiger partial charge < -0.3 is 14.8 Å². The first-order valence-electron chi connectivity index (χ1n) is 11.1. The number of benzene rings is 1. The van der Waals surface area contributed by atoms with E-state index < -0.39 is 16.0 Å². The molecule has 3 atom stereocenters. The van der Waals surface area contributed by atoms with Crippen molar-refractivity contribution in [1.82, 2.24) is 9.62 Å². The maximum Gasteiger partial charge on any atom is 0.331 e. The maximum atomic E-state index is 12.6. The summed E-state index contributed by atoms with van der Waals surface area (Å²) >= 11 is 0. The topological polar surface area (TPSA) is 102 Å². The summed E-state index contributed by atoms with van der Waals surface area (Å²) in [5.74, 6) is 0.0405. The van der Waals surface area contributed by atoms with Gasteiger partial charge in [-0.25, -0.2) is 13.2 Å². The molecule has 3 rings (SSSR count). The lowest BCUT2D eigenvalue weighted by Gasteiger charge is -2.34. The van der Waals surface area contributed by atoms with Gasteiger partial charge in [0, 0.05) is 25.2 Å². The molecule has 32 heavy (non-hydrogen) atoms. The molecular formula is C23H32N2O6S. The van der Waals surface area contributed by atoms with Crippen molar-refractivity contribution in [3.63, 3.8) is 0 Å². The third kappa shape index (κ3) is 6.40. The number of nitrogens with one attached hydrogen (secondary N) is 1. The molecule has 1 heterocycles. The van der Waals surface area contributed by atoms with Crippen molar-refractivity contribution in [2.75, 3.05) is 32.9 Å². The molecule has 8 nitrogen and oxygen atoms in total. The molecule has 1 saturated heterocycles. The minimum absolute atomic E-state index is 0.118. The van der Waals surface area contributed by atoms with Crippen molar-refractivity contribution >= 4 is 28.0 Å². The second-order valence-corrected chi connectivity index (χ2v) is 10.4. The Balaban J connectivity index is 1.47. The lowest BCUT2D eigenvalue weighted by atomic mass is 9.78. The van der Waals surface area contributed by atoms with Gasteiger partial charge in [-0.05, 0) is 42.0 Å². The van der Waals surface area contributed by atoms with E-state index in [0.29, 0.717) is 43.7 Å². The molecule has 0 spiro atoms. The first-order valence-corrected chi connectivity index (χ1v) is 12.5. The fraction of sp³-hybridized carbons (Fsp3) is 0.565. The van der Waals surface area contributed by atoms with Crippen LogP contribution in [-0.4, -0.2) is 63.6 Å². The van der Waals surface area contributed by atoms with E-state index >= 15 is 0 Å². The van der Waals surface area contributed by atoms with Crippen molar-refractivity contribution < 1.29 is 27.5 Å². The van der Waals surface area contributed by atoms with Gasteiger partial charge in [-0.3, -0.25) is 4.79 Å². The van der Waals surface area contributed by atoms with E-state index in [1.807, 2.05) is 0 Å². The van der Waals surface area contributed by atoms with E-state index in [-0.39, 0.29) is 23.5 Å². The normalized spacial score (nSPS) is 24.9. The minimum Gasteiger partial charge on any atom is -0.452 e. The van der Waals surface area contributed by atoms with Crippen LogP contribution in [0.3, 0.4) is 0 Å². The largest absolute Gasteiger partial charge is 0.452 e. The zero-order chi connectivity index (χ0) is 23.1. The molecule has 0 radical (unpaired) electrons. The highest BCUT2D eigenvalue weighted by atomic mass is 32.2. The highest BCUT2D eigenvalue weighted by molar-refractivity contribution is 7.89. The van der Waals surface area contributed by atoms with Crippen LogP contribution in [0.4, 0.5) is 0 Å². The third-order valence-electron chi connectivity index (χ3n) is 6.30. The number of morpholine rings is 1. The average molecular weight is 465 g/mol. The Morgan fingerprint density at radius 1 is 1.16 bits per heavy atom. The van der Waals surface area contributed by atoms with Crippen LogP contribution in [0.1, 0.15) is 38.7 Å². The molecule has 2 aliphatic rings. The Kier molecular flexibility index (Phi) is 8.44. The van der Waals surface area contributed by atoms with Crippen LogP contribution in [0.2, 0.25) is 0 Å². The molecular weight excluding hydrogens is 432 g/mol. The van der Waals surface area contributed by atoms with Crippen LogP contribution in [-0.2, 0) is 29.1 Å². The SMILES string of the molecule is CC1CCCC(NC(=O)COC(=O)/C=C/c2ccc(S(=O)(=O)N3CCOCC3)cc2)C1C. The summed E-state index contributed by atoms with van der Waals surface area (Å²) in [5.41, 5.74) is 0.650. The number of ether oxygens (including phenoxy) is 2. The van der Waals surface area contributed by atoms with Gasteiger partial charge in [-0.1, -0.05) is 38.8 Å². The van der Waals surface area contributed by atoms with Gasteiger partial charge in [0.25, 0.3) is 5.91 Å². The summed E-state index contributed by atoms with van der Waals surface area (Å²) in [4.78, 5) is 24.3. The second-order valence-electron chi connectivity index (χ2n) is 8.47. The number of carbonyl (C=O) groups excluding carboxylic acids is 2. The number of carbonyl (C=O) groups is 2. The fourth-order valence-electron chi connectivity index (χ4n) is 4.07. The van der Waals surface area contributed by atoms with E-state index in [0.717, 1.165) is 12.8 Å². The van der Waals surface area contributed by atoms with Crippen molar-refractivity contribution in [2.45, 2.75) is 44.0 Å². The van der Waals surface area contributed by atoms with E-state index in [9.17, 15) is 18.0 Å². The molecule has 1 aromatic carbocycles. The highest BCUT2D eigenvalue weighted by Crippen LogP contribution is 2.29. The Labute approximate surface area is 190 Å². The van der Waals surface area contributed by atoms with Gasteiger partial charge in [-0.2, -0.15) is 4.31 Å². The monoisotopic (exact) mass is 464 g/mol. The Morgan fingerprint density at radius 2 is 1.84 bits per heavy atom. The van der Waals surface area contributed by atoms with Gasteiger partial charge in [0.05, 0.1) is 18.1 Å². The molecule has 0 bridgehead atoms. The van der Waals surface area contributed by atoms with Crippen molar-refractivity contribution in [3.05, 3.63) is 35.9 Å². The molecule has 176 valence electrons. The number of nitrogens with zero attached hydrogens (tertiary/aromatic N) is 1. The van der Waals surface area contributed by atoms with Gasteiger partial charge in [0.15, 0.2) is 6.61 Å². The highest BCUT2D eigenvalue weighted by Gasteiger charge is 2.28. The fourth-order valence-corrected chi connectivity index (χ4v) is 5.48. The first kappa shape index (κ1) is 24.4. The molecule has 1 saturated carbocycles.